The highest BCUT2D eigenvalue weighted by molar-refractivity contribution is 5.98. The van der Waals surface area contributed by atoms with E-state index < -0.39 is 0 Å². The second-order valence-electron chi connectivity index (χ2n) is 7.21. The molecule has 0 spiro atoms. The van der Waals surface area contributed by atoms with Crippen LogP contribution in [0.1, 0.15) is 40.9 Å². The molecule has 1 aliphatic heterocycles. The number of aromatic nitrogens is 2. The molecular formula is C20H25N4O2+. The van der Waals surface area contributed by atoms with Crippen molar-refractivity contribution in [3.05, 3.63) is 47.3 Å². The van der Waals surface area contributed by atoms with Crippen LogP contribution in [0.3, 0.4) is 0 Å². The number of nitrogens with zero attached hydrogens (tertiary/aromatic N) is 3. The van der Waals surface area contributed by atoms with Crippen LogP contribution in [0, 0.1) is 0 Å². The van der Waals surface area contributed by atoms with Gasteiger partial charge in [0.05, 0.1) is 44.0 Å². The van der Waals surface area contributed by atoms with E-state index in [9.17, 15) is 9.90 Å². The summed E-state index contributed by atoms with van der Waals surface area (Å²) in [5.74, 6) is 1.01. The van der Waals surface area contributed by atoms with Crippen LogP contribution >= 0.6 is 0 Å². The number of hydrogen-bond donors (Lipinski definition) is 2. The minimum Gasteiger partial charge on any atom is -0.508 e. The molecule has 26 heavy (non-hydrogen) atoms. The lowest BCUT2D eigenvalue weighted by atomic mass is 9.82. The third kappa shape index (κ3) is 3.17. The summed E-state index contributed by atoms with van der Waals surface area (Å²) in [6.45, 7) is 7.44. The number of phenolic OH excluding ortho intramolecular Hbond substituents is 1. The van der Waals surface area contributed by atoms with Gasteiger partial charge in [0.2, 0.25) is 5.95 Å². The standard InChI is InChI=1S/C20H24N4O2/c1-2-23-7-9-24(10-8-23)20-21-13-16-17(22-20)11-14(12-19(16)26)15-5-3-4-6-18(15)25/h3-6,13-14,25H,2,7-12H2,1H3/p+1/t14-/m0/s1. The van der Waals surface area contributed by atoms with Gasteiger partial charge in [0.15, 0.2) is 5.78 Å². The van der Waals surface area contributed by atoms with E-state index >= 15 is 0 Å². The zero-order valence-electron chi connectivity index (χ0n) is 15.1. The summed E-state index contributed by atoms with van der Waals surface area (Å²) in [4.78, 5) is 25.6. The van der Waals surface area contributed by atoms with Crippen LogP contribution in [-0.4, -0.2) is 53.6 Å². The van der Waals surface area contributed by atoms with Crippen LogP contribution in [0.25, 0.3) is 0 Å². The Hall–Kier alpha value is -2.47. The SMILES string of the molecule is CC[NH+]1CCN(c2ncc3c(n2)C[C@H](c2ccccc2O)CC3=O)CC1. The lowest BCUT2D eigenvalue weighted by Crippen LogP contribution is -3.14. The van der Waals surface area contributed by atoms with E-state index in [1.54, 1.807) is 23.2 Å². The number of para-hydroxylation sites is 1. The maximum atomic E-state index is 12.6. The van der Waals surface area contributed by atoms with Gasteiger partial charge in [-0.2, -0.15) is 0 Å². The number of aromatic hydroxyl groups is 1. The van der Waals surface area contributed by atoms with Crippen molar-refractivity contribution in [1.82, 2.24) is 9.97 Å². The van der Waals surface area contributed by atoms with Crippen LogP contribution in [0.15, 0.2) is 30.5 Å². The Labute approximate surface area is 153 Å². The fraction of sp³-hybridized carbons (Fsp3) is 0.450. The van der Waals surface area contributed by atoms with E-state index in [4.69, 9.17) is 4.98 Å². The first kappa shape index (κ1) is 17.0. The summed E-state index contributed by atoms with van der Waals surface area (Å²) >= 11 is 0. The molecule has 2 aliphatic rings. The Kier molecular flexibility index (Phi) is 4.59. The van der Waals surface area contributed by atoms with Crippen molar-refractivity contribution in [1.29, 1.82) is 0 Å². The van der Waals surface area contributed by atoms with Gasteiger partial charge in [0, 0.05) is 18.5 Å². The maximum absolute atomic E-state index is 12.6. The van der Waals surface area contributed by atoms with Crippen molar-refractivity contribution < 1.29 is 14.8 Å². The largest absolute Gasteiger partial charge is 0.508 e. The fourth-order valence-electron chi connectivity index (χ4n) is 4.02. The Balaban J connectivity index is 1.58. The number of anilines is 1. The summed E-state index contributed by atoms with van der Waals surface area (Å²) in [7, 11) is 0. The van der Waals surface area contributed by atoms with E-state index in [1.807, 2.05) is 12.1 Å². The van der Waals surface area contributed by atoms with Crippen molar-refractivity contribution in [2.75, 3.05) is 37.6 Å². The molecule has 4 rings (SSSR count). The number of Topliss-reactive ketones (excluding diaryl/α,β-unsaturated/α-hetero) is 1. The molecule has 1 fully saturated rings. The average Bonchev–Trinajstić information content (AvgIpc) is 2.68. The zero-order valence-corrected chi connectivity index (χ0v) is 15.1. The number of quaternary nitrogens is 1. The second-order valence-corrected chi connectivity index (χ2v) is 7.21. The van der Waals surface area contributed by atoms with Gasteiger partial charge in [-0.25, -0.2) is 9.97 Å². The highest BCUT2D eigenvalue weighted by Gasteiger charge is 2.30. The smallest absolute Gasteiger partial charge is 0.225 e. The lowest BCUT2D eigenvalue weighted by molar-refractivity contribution is -0.898. The predicted molar refractivity (Wildman–Crippen MR) is 99.0 cm³/mol. The lowest BCUT2D eigenvalue weighted by Gasteiger charge is -2.32. The van der Waals surface area contributed by atoms with Crippen LogP contribution in [0.2, 0.25) is 0 Å². The number of nitrogens with one attached hydrogen (secondary N) is 1. The summed E-state index contributed by atoms with van der Waals surface area (Å²) in [6.07, 6.45) is 2.75. The van der Waals surface area contributed by atoms with Crippen LogP contribution in [-0.2, 0) is 6.42 Å². The molecule has 1 aromatic carbocycles. The third-order valence-corrected chi connectivity index (χ3v) is 5.66. The second kappa shape index (κ2) is 7.03. The van der Waals surface area contributed by atoms with Gasteiger partial charge < -0.3 is 14.9 Å². The first-order valence-electron chi connectivity index (χ1n) is 9.41. The summed E-state index contributed by atoms with van der Waals surface area (Å²) in [6, 6.07) is 7.27. The molecule has 6 heteroatoms. The monoisotopic (exact) mass is 353 g/mol. The Morgan fingerprint density at radius 2 is 2.00 bits per heavy atom. The number of benzene rings is 1. The Morgan fingerprint density at radius 3 is 2.73 bits per heavy atom. The van der Waals surface area contributed by atoms with E-state index in [2.05, 4.69) is 16.8 Å². The number of ketones is 1. The van der Waals surface area contributed by atoms with Gasteiger partial charge in [0.25, 0.3) is 0 Å². The molecule has 1 aromatic heterocycles. The molecule has 0 amide bonds. The number of rotatable bonds is 3. The molecular weight excluding hydrogens is 328 g/mol. The zero-order chi connectivity index (χ0) is 18.1. The van der Waals surface area contributed by atoms with Crippen LogP contribution < -0.4 is 9.80 Å². The molecule has 0 radical (unpaired) electrons. The van der Waals surface area contributed by atoms with E-state index in [1.165, 1.54) is 0 Å². The molecule has 1 aliphatic carbocycles. The van der Waals surface area contributed by atoms with Crippen molar-refractivity contribution in [2.24, 2.45) is 0 Å². The number of carbonyl (C=O) groups is 1. The fourth-order valence-corrected chi connectivity index (χ4v) is 4.02. The molecule has 0 bridgehead atoms. The summed E-state index contributed by atoms with van der Waals surface area (Å²) in [5.41, 5.74) is 2.27. The van der Waals surface area contributed by atoms with Crippen LogP contribution in [0.5, 0.6) is 5.75 Å². The van der Waals surface area contributed by atoms with Crippen molar-refractivity contribution in [3.8, 4) is 5.75 Å². The van der Waals surface area contributed by atoms with E-state index in [0.717, 1.165) is 49.9 Å². The highest BCUT2D eigenvalue weighted by Crippen LogP contribution is 2.36. The maximum Gasteiger partial charge on any atom is 0.225 e. The van der Waals surface area contributed by atoms with Crippen molar-refractivity contribution >= 4 is 11.7 Å². The minimum absolute atomic E-state index is 0.0275. The third-order valence-electron chi connectivity index (χ3n) is 5.66. The molecule has 1 saturated heterocycles. The normalized spacial score (nSPS) is 20.9. The number of fused-ring (bicyclic) bond motifs is 1. The van der Waals surface area contributed by atoms with Crippen LogP contribution in [0.4, 0.5) is 5.95 Å². The van der Waals surface area contributed by atoms with E-state index in [0.29, 0.717) is 18.4 Å². The Bertz CT molecular complexity index is 815. The van der Waals surface area contributed by atoms with Gasteiger partial charge in [-0.05, 0) is 25.0 Å². The topological polar surface area (TPSA) is 70.8 Å². The molecule has 2 heterocycles. The van der Waals surface area contributed by atoms with Crippen molar-refractivity contribution in [3.63, 3.8) is 0 Å². The molecule has 1 atom stereocenters. The molecule has 0 saturated carbocycles. The first-order chi connectivity index (χ1) is 12.7. The number of carbonyl (C=O) groups excluding carboxylic acids is 1. The van der Waals surface area contributed by atoms with Crippen molar-refractivity contribution in [2.45, 2.75) is 25.7 Å². The summed E-state index contributed by atoms with van der Waals surface area (Å²) in [5, 5.41) is 10.1. The van der Waals surface area contributed by atoms with Gasteiger partial charge in [-0.3, -0.25) is 4.79 Å². The quantitative estimate of drug-likeness (QED) is 0.855. The highest BCUT2D eigenvalue weighted by atomic mass is 16.3. The van der Waals surface area contributed by atoms with Gasteiger partial charge in [0.1, 0.15) is 5.75 Å². The molecule has 2 N–H and O–H groups in total. The number of phenols is 1. The number of likely N-dealkylation sites (N-methyl/N-ethyl adjacent to an activating group) is 1. The Morgan fingerprint density at radius 1 is 1.23 bits per heavy atom. The van der Waals surface area contributed by atoms with Gasteiger partial charge in [-0.15, -0.1) is 0 Å². The first-order valence-corrected chi connectivity index (χ1v) is 9.41. The predicted octanol–water partition coefficient (Wildman–Crippen LogP) is 0.820. The number of hydrogen-bond acceptors (Lipinski definition) is 5. The molecule has 136 valence electrons. The molecule has 6 nitrogen and oxygen atoms in total. The molecule has 2 aromatic rings. The number of piperazine rings is 1. The summed E-state index contributed by atoms with van der Waals surface area (Å²) < 4.78 is 0. The van der Waals surface area contributed by atoms with Gasteiger partial charge >= 0.3 is 0 Å². The average molecular weight is 353 g/mol. The minimum atomic E-state index is -0.0275. The van der Waals surface area contributed by atoms with E-state index in [-0.39, 0.29) is 17.5 Å². The van der Waals surface area contributed by atoms with Gasteiger partial charge in [-0.1, -0.05) is 18.2 Å². The molecule has 0 unspecified atom stereocenters.